The third-order valence-electron chi connectivity index (χ3n) is 5.47. The van der Waals surface area contributed by atoms with E-state index in [-0.39, 0.29) is 5.91 Å². The second kappa shape index (κ2) is 7.67. The lowest BCUT2D eigenvalue weighted by molar-refractivity contribution is -0.119. The van der Waals surface area contributed by atoms with Crippen LogP contribution in [0.5, 0.6) is 5.75 Å². The van der Waals surface area contributed by atoms with Gasteiger partial charge in [0, 0.05) is 30.1 Å². The molecule has 156 valence electrons. The summed E-state index contributed by atoms with van der Waals surface area (Å²) in [6.45, 7) is 0.684. The van der Waals surface area contributed by atoms with Crippen LogP contribution in [0.25, 0.3) is 33.9 Å². The van der Waals surface area contributed by atoms with Crippen LogP contribution in [0, 0.1) is 0 Å². The molecule has 5 rings (SSSR count). The van der Waals surface area contributed by atoms with E-state index >= 15 is 0 Å². The molecule has 1 aliphatic heterocycles. The molecule has 31 heavy (non-hydrogen) atoms. The topological polar surface area (TPSA) is 123 Å². The summed E-state index contributed by atoms with van der Waals surface area (Å²) in [5.41, 5.74) is 8.54. The number of carbonyl (C=O) groups is 1. The quantitative estimate of drug-likeness (QED) is 0.513. The van der Waals surface area contributed by atoms with Gasteiger partial charge in [0.05, 0.1) is 7.11 Å². The monoisotopic (exact) mass is 415 g/mol. The van der Waals surface area contributed by atoms with Gasteiger partial charge in [-0.25, -0.2) is 15.0 Å². The summed E-state index contributed by atoms with van der Waals surface area (Å²) in [5, 5.41) is 0. The molecular weight excluding hydrogens is 394 g/mol. The average molecular weight is 415 g/mol. The highest BCUT2D eigenvalue weighted by Crippen LogP contribution is 2.33. The minimum atomic E-state index is -0.410. The van der Waals surface area contributed by atoms with Crippen molar-refractivity contribution in [3.8, 4) is 28.5 Å². The lowest BCUT2D eigenvalue weighted by atomic mass is 10.2. The smallest absolute Gasteiger partial charge is 0.240 e. The first kappa shape index (κ1) is 19.0. The molecule has 4 aromatic rings. The molecule has 1 fully saturated rings. The fraction of sp³-hybridized carbons (Fsp3) is 0.227. The van der Waals surface area contributed by atoms with Crippen LogP contribution in [-0.2, 0) is 4.79 Å². The van der Waals surface area contributed by atoms with E-state index < -0.39 is 6.04 Å². The van der Waals surface area contributed by atoms with Crippen LogP contribution in [0.3, 0.4) is 0 Å². The minimum absolute atomic E-state index is 0.359. The fourth-order valence-corrected chi connectivity index (χ4v) is 3.94. The number of benzene rings is 1. The summed E-state index contributed by atoms with van der Waals surface area (Å²) in [6, 6.07) is 10.9. The number of hydrogen-bond acceptors (Lipinski definition) is 7. The van der Waals surface area contributed by atoms with Crippen LogP contribution in [0.2, 0.25) is 0 Å². The molecule has 1 saturated heterocycles. The van der Waals surface area contributed by atoms with Gasteiger partial charge in [-0.3, -0.25) is 9.78 Å². The van der Waals surface area contributed by atoms with Crippen LogP contribution in [0.1, 0.15) is 12.8 Å². The summed E-state index contributed by atoms with van der Waals surface area (Å²) < 4.78 is 5.34. The minimum Gasteiger partial charge on any atom is -0.497 e. The van der Waals surface area contributed by atoms with Gasteiger partial charge in [0.25, 0.3) is 0 Å². The molecule has 0 unspecified atom stereocenters. The number of amides is 1. The molecule has 1 atom stereocenters. The Hall–Kier alpha value is -4.01. The van der Waals surface area contributed by atoms with E-state index in [1.807, 2.05) is 41.3 Å². The number of primary amides is 1. The van der Waals surface area contributed by atoms with E-state index in [1.165, 1.54) is 0 Å². The predicted octanol–water partition coefficient (Wildman–Crippen LogP) is 2.54. The number of aromatic amines is 1. The Balaban J connectivity index is 1.70. The Bertz CT molecular complexity index is 1260. The number of carbonyl (C=O) groups excluding carboxylic acids is 1. The normalized spacial score (nSPS) is 16.0. The van der Waals surface area contributed by atoms with Crippen molar-refractivity contribution >= 4 is 22.9 Å². The number of ether oxygens (including phenoxy) is 1. The Labute approximate surface area is 178 Å². The number of pyridine rings is 1. The molecule has 1 amide bonds. The van der Waals surface area contributed by atoms with Crippen LogP contribution in [0.4, 0.5) is 5.82 Å². The first-order valence-corrected chi connectivity index (χ1v) is 10.0. The SMILES string of the molecule is COc1cccc(-c2nc3nc(-c4ccncc4)nc(N4CCC[C@@H]4C(N)=O)c3[nH]2)c1. The molecule has 3 aromatic heterocycles. The van der Waals surface area contributed by atoms with E-state index in [1.54, 1.807) is 19.5 Å². The van der Waals surface area contributed by atoms with Crippen molar-refractivity contribution in [2.75, 3.05) is 18.6 Å². The Morgan fingerprint density at radius 3 is 2.77 bits per heavy atom. The predicted molar refractivity (Wildman–Crippen MR) is 116 cm³/mol. The molecule has 0 radical (unpaired) electrons. The zero-order valence-corrected chi connectivity index (χ0v) is 16.9. The van der Waals surface area contributed by atoms with Crippen LogP contribution in [0.15, 0.2) is 48.8 Å². The number of nitrogens with one attached hydrogen (secondary N) is 1. The highest BCUT2D eigenvalue weighted by molar-refractivity contribution is 5.92. The lowest BCUT2D eigenvalue weighted by Crippen LogP contribution is -2.41. The number of imidazole rings is 1. The number of aromatic nitrogens is 5. The molecule has 9 heteroatoms. The van der Waals surface area contributed by atoms with E-state index in [0.717, 1.165) is 23.3 Å². The third-order valence-corrected chi connectivity index (χ3v) is 5.47. The fourth-order valence-electron chi connectivity index (χ4n) is 3.94. The highest BCUT2D eigenvalue weighted by atomic mass is 16.5. The second-order valence-electron chi connectivity index (χ2n) is 7.38. The Morgan fingerprint density at radius 1 is 1.16 bits per heavy atom. The van der Waals surface area contributed by atoms with E-state index in [9.17, 15) is 4.79 Å². The zero-order chi connectivity index (χ0) is 21.4. The summed E-state index contributed by atoms with van der Waals surface area (Å²) in [7, 11) is 1.62. The number of nitrogens with two attached hydrogens (primary N) is 1. The molecule has 3 N–H and O–H groups in total. The number of H-pyrrole nitrogens is 1. The molecule has 0 spiro atoms. The Kier molecular flexibility index (Phi) is 4.70. The van der Waals surface area contributed by atoms with Gasteiger partial charge in [0.15, 0.2) is 17.3 Å². The van der Waals surface area contributed by atoms with Gasteiger partial charge >= 0.3 is 0 Å². The highest BCUT2D eigenvalue weighted by Gasteiger charge is 2.32. The van der Waals surface area contributed by atoms with Crippen molar-refractivity contribution in [3.63, 3.8) is 0 Å². The van der Waals surface area contributed by atoms with Crippen molar-refractivity contribution in [1.82, 2.24) is 24.9 Å². The van der Waals surface area contributed by atoms with Gasteiger partial charge in [-0.2, -0.15) is 0 Å². The molecule has 4 heterocycles. The summed E-state index contributed by atoms with van der Waals surface area (Å²) in [4.78, 5) is 35.6. The van der Waals surface area contributed by atoms with Crippen LogP contribution < -0.4 is 15.4 Å². The van der Waals surface area contributed by atoms with Crippen molar-refractivity contribution in [2.24, 2.45) is 5.73 Å². The van der Waals surface area contributed by atoms with Crippen molar-refractivity contribution in [2.45, 2.75) is 18.9 Å². The number of hydrogen-bond donors (Lipinski definition) is 2. The van der Waals surface area contributed by atoms with Crippen LogP contribution in [-0.4, -0.2) is 50.5 Å². The maximum absolute atomic E-state index is 12.1. The molecule has 0 saturated carbocycles. The molecule has 0 bridgehead atoms. The first-order valence-electron chi connectivity index (χ1n) is 10.0. The third kappa shape index (κ3) is 3.43. The van der Waals surface area contributed by atoms with Gasteiger partial charge < -0.3 is 20.4 Å². The number of anilines is 1. The number of nitrogens with zero attached hydrogens (tertiary/aromatic N) is 5. The molecule has 9 nitrogen and oxygen atoms in total. The van der Waals surface area contributed by atoms with Crippen molar-refractivity contribution in [1.29, 1.82) is 0 Å². The van der Waals surface area contributed by atoms with Gasteiger partial charge in [0.1, 0.15) is 23.1 Å². The summed E-state index contributed by atoms with van der Waals surface area (Å²) >= 11 is 0. The summed E-state index contributed by atoms with van der Waals surface area (Å²) in [6.07, 6.45) is 4.94. The number of methoxy groups -OCH3 is 1. The van der Waals surface area contributed by atoms with E-state index in [4.69, 9.17) is 20.4 Å². The molecular formula is C22H21N7O2. The number of rotatable bonds is 5. The van der Waals surface area contributed by atoms with E-state index in [0.29, 0.717) is 41.6 Å². The van der Waals surface area contributed by atoms with Crippen molar-refractivity contribution < 1.29 is 9.53 Å². The van der Waals surface area contributed by atoms with Gasteiger partial charge in [-0.1, -0.05) is 12.1 Å². The summed E-state index contributed by atoms with van der Waals surface area (Å²) in [5.74, 6) is 2.16. The second-order valence-corrected chi connectivity index (χ2v) is 7.38. The first-order chi connectivity index (χ1) is 15.1. The van der Waals surface area contributed by atoms with Gasteiger partial charge in [-0.15, -0.1) is 0 Å². The largest absolute Gasteiger partial charge is 0.497 e. The molecule has 1 aromatic carbocycles. The number of fused-ring (bicyclic) bond motifs is 1. The van der Waals surface area contributed by atoms with E-state index in [2.05, 4.69) is 15.0 Å². The Morgan fingerprint density at radius 2 is 2.00 bits per heavy atom. The van der Waals surface area contributed by atoms with Crippen LogP contribution >= 0.6 is 0 Å². The molecule has 1 aliphatic rings. The molecule has 0 aliphatic carbocycles. The average Bonchev–Trinajstić information content (AvgIpc) is 3.46. The van der Waals surface area contributed by atoms with Gasteiger partial charge in [-0.05, 0) is 37.1 Å². The maximum Gasteiger partial charge on any atom is 0.240 e. The standard InChI is InChI=1S/C22H21N7O2/c1-31-15-5-2-4-14(12-15)20-25-17-21(27-20)26-19(13-7-9-24-10-8-13)28-22(17)29-11-3-6-16(29)18(23)30/h2,4-5,7-10,12,16H,3,6,11H2,1H3,(H2,23,30)(H,25,26,27,28)/t16-/m1/s1. The lowest BCUT2D eigenvalue weighted by Gasteiger charge is -2.23. The zero-order valence-electron chi connectivity index (χ0n) is 16.9. The van der Waals surface area contributed by atoms with Gasteiger partial charge in [0.2, 0.25) is 5.91 Å². The maximum atomic E-state index is 12.1. The van der Waals surface area contributed by atoms with Crippen molar-refractivity contribution in [3.05, 3.63) is 48.8 Å².